The van der Waals surface area contributed by atoms with Gasteiger partial charge in [-0.15, -0.1) is 11.3 Å². The zero-order chi connectivity index (χ0) is 29.6. The smallest absolute Gasteiger partial charge is 0.360 e. The summed E-state index contributed by atoms with van der Waals surface area (Å²) in [7, 11) is 1.71. The number of nitriles is 1. The summed E-state index contributed by atoms with van der Waals surface area (Å²) in [6.07, 6.45) is 0.0440. The van der Waals surface area contributed by atoms with Crippen molar-refractivity contribution in [2.45, 2.75) is 64.8 Å². The normalized spacial score (nSPS) is 19.1. The van der Waals surface area contributed by atoms with Crippen LogP contribution in [0.2, 0.25) is 0 Å². The number of benzene rings is 1. The van der Waals surface area contributed by atoms with Gasteiger partial charge in [-0.1, -0.05) is 12.5 Å². The first-order chi connectivity index (χ1) is 18.9. The first kappa shape index (κ1) is 30.9. The molecular weight excluding hydrogens is 545 g/mol. The second kappa shape index (κ2) is 13.1. The molecule has 0 saturated carbocycles. The van der Waals surface area contributed by atoms with Crippen molar-refractivity contribution in [2.75, 3.05) is 30.4 Å². The quantitative estimate of drug-likeness (QED) is 0.498. The fraction of sp³-hybridized carbons (Fsp3) is 0.481. The number of halogens is 3. The summed E-state index contributed by atoms with van der Waals surface area (Å²) in [5.41, 5.74) is 0.161. The highest BCUT2D eigenvalue weighted by Crippen LogP contribution is 2.24. The van der Waals surface area contributed by atoms with Crippen LogP contribution in [0.4, 0.5) is 24.5 Å². The number of alkyl halides is 3. The Morgan fingerprint density at radius 2 is 1.93 bits per heavy atom. The Balaban J connectivity index is 1.84. The molecule has 1 aromatic heterocycles. The van der Waals surface area contributed by atoms with Crippen LogP contribution in [0, 0.1) is 11.3 Å². The summed E-state index contributed by atoms with van der Waals surface area (Å²) in [6.45, 7) is 4.72. The summed E-state index contributed by atoms with van der Waals surface area (Å²) < 4.78 is 38.8. The lowest BCUT2D eigenvalue weighted by molar-refractivity contribution is -0.135. The van der Waals surface area contributed by atoms with Gasteiger partial charge in [-0.2, -0.15) is 18.4 Å². The molecule has 1 fully saturated rings. The highest BCUT2D eigenvalue weighted by Gasteiger charge is 2.29. The highest BCUT2D eigenvalue weighted by molar-refractivity contribution is 7.07. The number of likely N-dealkylation sites (tertiary alicyclic amines) is 1. The number of aromatic nitrogens is 1. The summed E-state index contributed by atoms with van der Waals surface area (Å²) in [6, 6.07) is 9.35. The molecule has 2 unspecified atom stereocenters. The van der Waals surface area contributed by atoms with Gasteiger partial charge in [0.15, 0.2) is 5.57 Å². The van der Waals surface area contributed by atoms with E-state index in [0.29, 0.717) is 30.0 Å². The maximum Gasteiger partial charge on any atom is 0.405 e. The number of rotatable bonds is 8. The van der Waals surface area contributed by atoms with Crippen LogP contribution in [-0.4, -0.2) is 59.7 Å². The van der Waals surface area contributed by atoms with Gasteiger partial charge >= 0.3 is 6.18 Å². The average molecular weight is 579 g/mol. The van der Waals surface area contributed by atoms with Crippen molar-refractivity contribution >= 4 is 46.3 Å². The number of thiazole rings is 1. The van der Waals surface area contributed by atoms with E-state index in [9.17, 15) is 32.8 Å². The third-order valence-electron chi connectivity index (χ3n) is 6.90. The molecule has 0 radical (unpaired) electrons. The molecule has 2 heterocycles. The molecule has 2 atom stereocenters. The number of carbonyl (C=O) groups is 2. The molecule has 0 aliphatic carbocycles. The van der Waals surface area contributed by atoms with Crippen molar-refractivity contribution in [1.82, 2.24) is 14.8 Å². The zero-order valence-corrected chi connectivity index (χ0v) is 23.7. The Bertz CT molecular complexity index is 1450. The molecule has 0 spiro atoms. The third kappa shape index (κ3) is 7.51. The summed E-state index contributed by atoms with van der Waals surface area (Å²) >= 11 is 0.820. The average Bonchev–Trinajstić information content (AvgIpc) is 3.22. The Morgan fingerprint density at radius 1 is 1.25 bits per heavy atom. The predicted molar refractivity (Wildman–Crippen MR) is 149 cm³/mol. The second-order valence-electron chi connectivity index (χ2n) is 9.70. The van der Waals surface area contributed by atoms with Crippen LogP contribution in [0.25, 0.3) is 11.8 Å². The van der Waals surface area contributed by atoms with E-state index in [0.717, 1.165) is 35.2 Å². The first-order valence-corrected chi connectivity index (χ1v) is 13.8. The molecule has 1 saturated heterocycles. The van der Waals surface area contributed by atoms with Gasteiger partial charge in [0.25, 0.3) is 11.5 Å². The fourth-order valence-electron chi connectivity index (χ4n) is 4.60. The van der Waals surface area contributed by atoms with Crippen molar-refractivity contribution in [3.63, 3.8) is 0 Å². The second-order valence-corrected chi connectivity index (χ2v) is 10.7. The fourth-order valence-corrected chi connectivity index (χ4v) is 5.69. The molecule has 0 bridgehead atoms. The van der Waals surface area contributed by atoms with Crippen molar-refractivity contribution in [2.24, 2.45) is 0 Å². The molecule has 1 aliphatic heterocycles. The summed E-state index contributed by atoms with van der Waals surface area (Å²) in [4.78, 5) is 42.0. The Labute approximate surface area is 234 Å². The monoisotopic (exact) mass is 578 g/mol. The standard InChI is InChI=1S/C27H33F3N6O3S/c1-5-35-25(39)22(40-26(35)21(13-31)24(38)33-16-27(28,29)30)14-32-19-10-7-11-20(12-19)34(4)23(37)15-36-17(2)8-6-9-18(36)3/h7,10-12,14,17-18,32H,5-6,8-9,15-16H2,1-4H3,(H,33,38). The minimum absolute atomic E-state index is 0.0389. The molecule has 216 valence electrons. The van der Waals surface area contributed by atoms with Gasteiger partial charge in [0.05, 0.1) is 6.54 Å². The molecule has 1 aromatic carbocycles. The van der Waals surface area contributed by atoms with E-state index < -0.39 is 29.8 Å². The molecular formula is C27H33F3N6O3S. The van der Waals surface area contributed by atoms with Crippen molar-refractivity contribution in [1.29, 1.82) is 5.26 Å². The summed E-state index contributed by atoms with van der Waals surface area (Å²) in [5, 5.41) is 14.2. The number of nitrogens with one attached hydrogen (secondary N) is 2. The van der Waals surface area contributed by atoms with Crippen LogP contribution < -0.4 is 30.3 Å². The van der Waals surface area contributed by atoms with Crippen LogP contribution in [0.5, 0.6) is 0 Å². The maximum absolute atomic E-state index is 13.1. The number of hydrogen-bond acceptors (Lipinski definition) is 7. The predicted octanol–water partition coefficient (Wildman–Crippen LogP) is 2.36. The van der Waals surface area contributed by atoms with Gasteiger partial charge in [0, 0.05) is 43.3 Å². The van der Waals surface area contributed by atoms with E-state index in [2.05, 4.69) is 24.1 Å². The van der Waals surface area contributed by atoms with Crippen LogP contribution in [0.3, 0.4) is 0 Å². The molecule has 13 heteroatoms. The summed E-state index contributed by atoms with van der Waals surface area (Å²) in [5.74, 6) is -1.25. The number of nitrogens with zero attached hydrogens (tertiary/aromatic N) is 4. The van der Waals surface area contributed by atoms with E-state index in [1.807, 2.05) is 0 Å². The van der Waals surface area contributed by atoms with Gasteiger partial charge in [0.1, 0.15) is 21.8 Å². The number of carbonyl (C=O) groups excluding carboxylic acids is 2. The van der Waals surface area contributed by atoms with E-state index in [1.54, 1.807) is 54.5 Å². The van der Waals surface area contributed by atoms with Crippen molar-refractivity contribution in [3.05, 3.63) is 43.8 Å². The Kier molecular flexibility index (Phi) is 10.2. The minimum atomic E-state index is -4.64. The lowest BCUT2D eigenvalue weighted by Crippen LogP contribution is -2.49. The van der Waals surface area contributed by atoms with Crippen LogP contribution in [0.15, 0.2) is 29.1 Å². The highest BCUT2D eigenvalue weighted by atomic mass is 32.1. The molecule has 2 N–H and O–H groups in total. The van der Waals surface area contributed by atoms with E-state index in [4.69, 9.17) is 0 Å². The van der Waals surface area contributed by atoms with Gasteiger partial charge in [0.2, 0.25) is 5.91 Å². The van der Waals surface area contributed by atoms with Crippen LogP contribution in [0.1, 0.15) is 40.0 Å². The molecule has 40 heavy (non-hydrogen) atoms. The van der Waals surface area contributed by atoms with E-state index in [1.165, 1.54) is 6.20 Å². The van der Waals surface area contributed by atoms with E-state index in [-0.39, 0.29) is 21.6 Å². The molecule has 2 amide bonds. The van der Waals surface area contributed by atoms with Gasteiger partial charge in [-0.3, -0.25) is 23.9 Å². The van der Waals surface area contributed by atoms with Gasteiger partial charge < -0.3 is 15.5 Å². The number of likely N-dealkylation sites (N-methyl/N-ethyl adjacent to an activating group) is 1. The van der Waals surface area contributed by atoms with Crippen LogP contribution >= 0.6 is 11.3 Å². The molecule has 9 nitrogen and oxygen atoms in total. The lowest BCUT2D eigenvalue weighted by Gasteiger charge is -2.39. The Morgan fingerprint density at radius 3 is 2.52 bits per heavy atom. The van der Waals surface area contributed by atoms with Crippen LogP contribution in [-0.2, 0) is 16.1 Å². The molecule has 2 aromatic rings. The number of amides is 2. The SMILES string of the molecule is CCn1c(=C(C#N)C(=O)NCC(F)(F)F)sc(=CNc2cccc(N(C)C(=O)CN3C(C)CCCC3C)c2)c1=O. The number of piperidine rings is 1. The Hall–Kier alpha value is -3.63. The number of anilines is 2. The third-order valence-corrected chi connectivity index (χ3v) is 8.03. The zero-order valence-electron chi connectivity index (χ0n) is 22.8. The van der Waals surface area contributed by atoms with Crippen molar-refractivity contribution < 1.29 is 22.8 Å². The lowest BCUT2D eigenvalue weighted by atomic mass is 9.97. The van der Waals surface area contributed by atoms with E-state index >= 15 is 0 Å². The maximum atomic E-state index is 13.1. The topological polar surface area (TPSA) is 110 Å². The minimum Gasteiger partial charge on any atom is -0.360 e. The largest absolute Gasteiger partial charge is 0.405 e. The molecule has 3 rings (SSSR count). The first-order valence-electron chi connectivity index (χ1n) is 12.9. The van der Waals surface area contributed by atoms with Gasteiger partial charge in [-0.25, -0.2) is 0 Å². The number of hydrogen-bond donors (Lipinski definition) is 2. The van der Waals surface area contributed by atoms with Crippen molar-refractivity contribution in [3.8, 4) is 6.07 Å². The molecule has 1 aliphatic rings. The van der Waals surface area contributed by atoms with Gasteiger partial charge in [-0.05, 0) is 51.8 Å².